The molecule has 2 heterocycles. The first-order valence-corrected chi connectivity index (χ1v) is 13.0. The molecule has 208 valence electrons. The van der Waals surface area contributed by atoms with Gasteiger partial charge < -0.3 is 30.0 Å². The van der Waals surface area contributed by atoms with Gasteiger partial charge in [0, 0.05) is 48.9 Å². The van der Waals surface area contributed by atoms with Gasteiger partial charge in [-0.05, 0) is 54.8 Å². The van der Waals surface area contributed by atoms with Gasteiger partial charge >= 0.3 is 0 Å². The third kappa shape index (κ3) is 7.39. The van der Waals surface area contributed by atoms with Crippen LogP contribution in [0.25, 0.3) is 10.9 Å². The number of halogens is 2. The Morgan fingerprint density at radius 2 is 1.74 bits per heavy atom. The Labute approximate surface area is 224 Å². The summed E-state index contributed by atoms with van der Waals surface area (Å²) in [5.74, 6) is -3.49. The molecule has 9 nitrogen and oxygen atoms in total. The molecule has 0 aliphatic carbocycles. The van der Waals surface area contributed by atoms with Gasteiger partial charge in [-0.25, -0.2) is 8.78 Å². The Kier molecular flexibility index (Phi) is 9.61. The first-order valence-electron chi connectivity index (χ1n) is 13.0. The van der Waals surface area contributed by atoms with Gasteiger partial charge in [-0.2, -0.15) is 0 Å². The predicted octanol–water partition coefficient (Wildman–Crippen LogP) is 3.29. The van der Waals surface area contributed by atoms with Gasteiger partial charge in [0.25, 0.3) is 5.91 Å². The van der Waals surface area contributed by atoms with E-state index in [1.54, 1.807) is 24.3 Å². The number of hydrogen-bond donors (Lipinski definition) is 3. The maximum atomic E-state index is 13.4. The lowest BCUT2D eigenvalue weighted by atomic mass is 10.1. The van der Waals surface area contributed by atoms with Crippen LogP contribution in [-0.4, -0.2) is 62.2 Å². The lowest BCUT2D eigenvalue weighted by Crippen LogP contribution is -2.36. The second kappa shape index (κ2) is 13.3. The SMILES string of the molecule is CCCOCCOCCNC(=O)c1cc2cc(N3CCC(C(=O)NCc4cc(F)cc(F)c4)C3=O)ccc2[nH]1. The molecule has 3 amide bonds. The summed E-state index contributed by atoms with van der Waals surface area (Å²) in [6.45, 7) is 4.71. The van der Waals surface area contributed by atoms with E-state index in [2.05, 4.69) is 15.6 Å². The van der Waals surface area contributed by atoms with Crippen LogP contribution in [0.4, 0.5) is 14.5 Å². The minimum absolute atomic E-state index is 0.0864. The smallest absolute Gasteiger partial charge is 0.267 e. The van der Waals surface area contributed by atoms with E-state index < -0.39 is 23.5 Å². The highest BCUT2D eigenvalue weighted by molar-refractivity contribution is 6.10. The normalized spacial score (nSPS) is 15.2. The molecule has 1 aliphatic heterocycles. The number of benzene rings is 2. The first kappa shape index (κ1) is 28.2. The summed E-state index contributed by atoms with van der Waals surface area (Å²) >= 11 is 0. The number of ether oxygens (including phenoxy) is 2. The second-order valence-corrected chi connectivity index (χ2v) is 9.26. The zero-order valence-corrected chi connectivity index (χ0v) is 21.7. The van der Waals surface area contributed by atoms with Crippen molar-refractivity contribution in [2.45, 2.75) is 26.3 Å². The first-order chi connectivity index (χ1) is 18.9. The lowest BCUT2D eigenvalue weighted by molar-refractivity contribution is -0.132. The molecule has 1 aliphatic rings. The highest BCUT2D eigenvalue weighted by Crippen LogP contribution is 2.29. The summed E-state index contributed by atoms with van der Waals surface area (Å²) in [6, 6.07) is 10.0. The lowest BCUT2D eigenvalue weighted by Gasteiger charge is -2.17. The number of carbonyl (C=O) groups is 3. The molecule has 2 aromatic carbocycles. The number of amides is 3. The van der Waals surface area contributed by atoms with Crippen LogP contribution >= 0.6 is 0 Å². The number of fused-ring (bicyclic) bond motifs is 1. The summed E-state index contributed by atoms with van der Waals surface area (Å²) in [4.78, 5) is 42.8. The molecule has 0 saturated carbocycles. The highest BCUT2D eigenvalue weighted by atomic mass is 19.1. The van der Waals surface area contributed by atoms with E-state index in [4.69, 9.17) is 9.47 Å². The van der Waals surface area contributed by atoms with Crippen molar-refractivity contribution in [2.75, 3.05) is 44.4 Å². The molecular formula is C28H32F2N4O5. The molecule has 4 rings (SSSR count). The third-order valence-corrected chi connectivity index (χ3v) is 6.32. The number of nitrogens with one attached hydrogen (secondary N) is 3. The quantitative estimate of drug-likeness (QED) is 0.227. The number of carbonyl (C=O) groups excluding carboxylic acids is 3. The van der Waals surface area contributed by atoms with Crippen LogP contribution in [0.3, 0.4) is 0 Å². The number of H-pyrrole nitrogens is 1. The van der Waals surface area contributed by atoms with Crippen molar-refractivity contribution in [1.82, 2.24) is 15.6 Å². The van der Waals surface area contributed by atoms with Gasteiger partial charge in [-0.3, -0.25) is 14.4 Å². The molecular weight excluding hydrogens is 510 g/mol. The molecule has 1 aromatic heterocycles. The van der Waals surface area contributed by atoms with Gasteiger partial charge in [0.1, 0.15) is 23.2 Å². The summed E-state index contributed by atoms with van der Waals surface area (Å²) in [7, 11) is 0. The molecule has 11 heteroatoms. The van der Waals surface area contributed by atoms with E-state index in [-0.39, 0.29) is 23.9 Å². The predicted molar refractivity (Wildman–Crippen MR) is 141 cm³/mol. The van der Waals surface area contributed by atoms with Crippen LogP contribution in [0.1, 0.15) is 35.8 Å². The number of nitrogens with zero attached hydrogens (tertiary/aromatic N) is 1. The summed E-state index contributed by atoms with van der Waals surface area (Å²) in [5.41, 5.74) is 1.99. The maximum Gasteiger partial charge on any atom is 0.267 e. The van der Waals surface area contributed by atoms with Crippen LogP contribution in [0.5, 0.6) is 0 Å². The monoisotopic (exact) mass is 542 g/mol. The average molecular weight is 543 g/mol. The Bertz CT molecular complexity index is 1310. The molecule has 0 bridgehead atoms. The van der Waals surface area contributed by atoms with Crippen LogP contribution in [0.15, 0.2) is 42.5 Å². The van der Waals surface area contributed by atoms with Crippen LogP contribution < -0.4 is 15.5 Å². The minimum Gasteiger partial charge on any atom is -0.379 e. The summed E-state index contributed by atoms with van der Waals surface area (Å²) < 4.78 is 37.6. The Balaban J connectivity index is 1.29. The van der Waals surface area contributed by atoms with Crippen molar-refractivity contribution in [1.29, 1.82) is 0 Å². The van der Waals surface area contributed by atoms with Gasteiger partial charge in [0.05, 0.1) is 19.8 Å². The summed E-state index contributed by atoms with van der Waals surface area (Å²) in [6.07, 6.45) is 1.27. The maximum absolute atomic E-state index is 13.4. The number of hydrogen-bond acceptors (Lipinski definition) is 5. The van der Waals surface area contributed by atoms with E-state index in [0.29, 0.717) is 57.3 Å². The van der Waals surface area contributed by atoms with E-state index in [9.17, 15) is 23.2 Å². The van der Waals surface area contributed by atoms with Gasteiger partial charge in [0.15, 0.2) is 0 Å². The van der Waals surface area contributed by atoms with Crippen molar-refractivity contribution in [3.63, 3.8) is 0 Å². The molecule has 0 radical (unpaired) electrons. The third-order valence-electron chi connectivity index (χ3n) is 6.32. The fraction of sp³-hybridized carbons (Fsp3) is 0.393. The highest BCUT2D eigenvalue weighted by Gasteiger charge is 2.37. The van der Waals surface area contributed by atoms with E-state index in [1.165, 1.54) is 4.90 Å². The number of aromatic amines is 1. The van der Waals surface area contributed by atoms with Crippen LogP contribution in [0.2, 0.25) is 0 Å². The Morgan fingerprint density at radius 1 is 1.00 bits per heavy atom. The fourth-order valence-corrected chi connectivity index (χ4v) is 4.41. The topological polar surface area (TPSA) is 113 Å². The van der Waals surface area contributed by atoms with E-state index >= 15 is 0 Å². The van der Waals surface area contributed by atoms with Crippen molar-refractivity contribution in [2.24, 2.45) is 5.92 Å². The average Bonchev–Trinajstić information content (AvgIpc) is 3.51. The molecule has 1 fully saturated rings. The second-order valence-electron chi connectivity index (χ2n) is 9.26. The molecule has 1 saturated heterocycles. The largest absolute Gasteiger partial charge is 0.379 e. The molecule has 3 aromatic rings. The Hall–Kier alpha value is -3.83. The Morgan fingerprint density at radius 3 is 2.49 bits per heavy atom. The zero-order chi connectivity index (χ0) is 27.8. The molecule has 0 spiro atoms. The number of aromatic nitrogens is 1. The molecule has 3 N–H and O–H groups in total. The number of rotatable bonds is 13. The van der Waals surface area contributed by atoms with E-state index in [0.717, 1.165) is 35.5 Å². The fourth-order valence-electron chi connectivity index (χ4n) is 4.41. The van der Waals surface area contributed by atoms with Crippen molar-refractivity contribution < 1.29 is 32.6 Å². The minimum atomic E-state index is -0.896. The van der Waals surface area contributed by atoms with Gasteiger partial charge in [-0.15, -0.1) is 0 Å². The zero-order valence-electron chi connectivity index (χ0n) is 21.7. The van der Waals surface area contributed by atoms with Gasteiger partial charge in [-0.1, -0.05) is 6.92 Å². The number of anilines is 1. The van der Waals surface area contributed by atoms with Crippen molar-refractivity contribution in [3.8, 4) is 0 Å². The van der Waals surface area contributed by atoms with Crippen LogP contribution in [-0.2, 0) is 25.6 Å². The molecule has 1 atom stereocenters. The van der Waals surface area contributed by atoms with Gasteiger partial charge in [0.2, 0.25) is 11.8 Å². The standard InChI is InChI=1S/C28H32F2N4O5/c1-2-8-38-10-11-39-9-6-31-27(36)25-15-19-14-22(3-4-24(19)33-25)34-7-5-23(28(34)37)26(35)32-17-18-12-20(29)16-21(30)13-18/h3-4,12-16,23,33H,2,5-11,17H2,1H3,(H,31,36)(H,32,35). The molecule has 39 heavy (non-hydrogen) atoms. The van der Waals surface area contributed by atoms with Crippen molar-refractivity contribution >= 4 is 34.3 Å². The molecule has 1 unspecified atom stereocenters. The summed E-state index contributed by atoms with van der Waals surface area (Å²) in [5, 5.41) is 6.14. The van der Waals surface area contributed by atoms with Crippen molar-refractivity contribution in [3.05, 3.63) is 65.4 Å². The van der Waals surface area contributed by atoms with E-state index in [1.807, 2.05) is 6.92 Å². The van der Waals surface area contributed by atoms with Crippen LogP contribution in [0, 0.1) is 17.6 Å².